The molecular weight excluding hydrogens is 404 g/mol. The molecule has 6 nitrogen and oxygen atoms in total. The van der Waals surface area contributed by atoms with Crippen LogP contribution in [0.5, 0.6) is 5.75 Å². The van der Waals surface area contributed by atoms with Crippen molar-refractivity contribution in [1.82, 2.24) is 4.57 Å². The number of hydrogen-bond donors (Lipinski definition) is 1. The fraction of sp³-hybridized carbons (Fsp3) is 0.130. The van der Waals surface area contributed by atoms with Crippen LogP contribution in [0.1, 0.15) is 15.9 Å². The van der Waals surface area contributed by atoms with E-state index in [0.29, 0.717) is 39.2 Å². The summed E-state index contributed by atoms with van der Waals surface area (Å²) >= 11 is 6.61. The average molecular weight is 423 g/mol. The van der Waals surface area contributed by atoms with Gasteiger partial charge in [-0.1, -0.05) is 48.0 Å². The van der Waals surface area contributed by atoms with Gasteiger partial charge in [-0.15, -0.1) is 0 Å². The number of fused-ring (bicyclic) bond motifs is 3. The van der Waals surface area contributed by atoms with Crippen molar-refractivity contribution in [3.8, 4) is 5.75 Å². The number of methoxy groups -OCH3 is 1. The molecule has 0 saturated heterocycles. The van der Waals surface area contributed by atoms with E-state index in [-0.39, 0.29) is 6.61 Å². The summed E-state index contributed by atoms with van der Waals surface area (Å²) in [7, 11) is 1.29. The normalized spacial score (nSPS) is 11.0. The maximum atomic E-state index is 12.2. The standard InChI is InChI=1S/C23H19ClN2O4/c1-29-19(27)13-30-18-11-10-16(24)22-21(18)20-15(23(25)28)8-5-9-17(20)26(22)12-14-6-3-2-4-7-14/h2-11H,12-13H2,1H3,(H2,25,28). The molecular formula is C23H19ClN2O4. The van der Waals surface area contributed by atoms with E-state index in [1.165, 1.54) is 7.11 Å². The average Bonchev–Trinajstić information content (AvgIpc) is 3.09. The molecule has 3 aromatic carbocycles. The number of rotatable bonds is 6. The fourth-order valence-electron chi connectivity index (χ4n) is 3.65. The van der Waals surface area contributed by atoms with Crippen LogP contribution in [-0.2, 0) is 16.1 Å². The summed E-state index contributed by atoms with van der Waals surface area (Å²) in [4.78, 5) is 23.8. The first kappa shape index (κ1) is 19.8. The van der Waals surface area contributed by atoms with E-state index in [9.17, 15) is 9.59 Å². The van der Waals surface area contributed by atoms with Crippen molar-refractivity contribution in [2.45, 2.75) is 6.54 Å². The van der Waals surface area contributed by atoms with Crippen LogP contribution in [0.15, 0.2) is 60.7 Å². The number of hydrogen-bond acceptors (Lipinski definition) is 4. The smallest absolute Gasteiger partial charge is 0.343 e. The van der Waals surface area contributed by atoms with E-state index in [1.807, 2.05) is 41.0 Å². The zero-order valence-corrected chi connectivity index (χ0v) is 17.0. The zero-order valence-electron chi connectivity index (χ0n) is 16.2. The number of carbonyl (C=O) groups is 2. The van der Waals surface area contributed by atoms with Crippen molar-refractivity contribution in [2.24, 2.45) is 5.73 Å². The van der Waals surface area contributed by atoms with Gasteiger partial charge in [0.25, 0.3) is 0 Å². The van der Waals surface area contributed by atoms with Crippen LogP contribution in [0.4, 0.5) is 0 Å². The van der Waals surface area contributed by atoms with Crippen LogP contribution < -0.4 is 10.5 Å². The lowest BCUT2D eigenvalue weighted by Gasteiger charge is -2.11. The topological polar surface area (TPSA) is 83.6 Å². The largest absolute Gasteiger partial charge is 0.481 e. The Morgan fingerprint density at radius 1 is 1.00 bits per heavy atom. The van der Waals surface area contributed by atoms with Gasteiger partial charge < -0.3 is 19.8 Å². The molecule has 152 valence electrons. The van der Waals surface area contributed by atoms with Gasteiger partial charge in [0, 0.05) is 17.5 Å². The first-order valence-corrected chi connectivity index (χ1v) is 9.65. The molecule has 0 bridgehead atoms. The van der Waals surface area contributed by atoms with Gasteiger partial charge >= 0.3 is 5.97 Å². The Labute approximate surface area is 177 Å². The van der Waals surface area contributed by atoms with Gasteiger partial charge in [-0.25, -0.2) is 4.79 Å². The highest BCUT2D eigenvalue weighted by Gasteiger charge is 2.22. The molecule has 7 heteroatoms. The van der Waals surface area contributed by atoms with Crippen LogP contribution in [0.25, 0.3) is 21.8 Å². The zero-order chi connectivity index (χ0) is 21.3. The van der Waals surface area contributed by atoms with Crippen molar-refractivity contribution < 1.29 is 19.1 Å². The molecule has 0 unspecified atom stereocenters. The molecule has 0 aliphatic heterocycles. The number of aromatic nitrogens is 1. The highest BCUT2D eigenvalue weighted by molar-refractivity contribution is 6.37. The van der Waals surface area contributed by atoms with Crippen molar-refractivity contribution in [2.75, 3.05) is 13.7 Å². The highest BCUT2D eigenvalue weighted by atomic mass is 35.5. The second kappa shape index (κ2) is 8.08. The van der Waals surface area contributed by atoms with Gasteiger partial charge in [-0.05, 0) is 29.8 Å². The van der Waals surface area contributed by atoms with Crippen molar-refractivity contribution in [3.63, 3.8) is 0 Å². The first-order valence-electron chi connectivity index (χ1n) is 9.28. The van der Waals surface area contributed by atoms with Gasteiger partial charge in [0.05, 0.1) is 28.6 Å². The summed E-state index contributed by atoms with van der Waals surface area (Å²) in [5, 5.41) is 1.77. The molecule has 0 aliphatic rings. The first-order chi connectivity index (χ1) is 14.5. The molecule has 0 saturated carbocycles. The fourth-order valence-corrected chi connectivity index (χ4v) is 3.91. The van der Waals surface area contributed by atoms with Crippen molar-refractivity contribution >= 4 is 45.3 Å². The Morgan fingerprint density at radius 2 is 1.77 bits per heavy atom. The second-order valence-electron chi connectivity index (χ2n) is 6.77. The van der Waals surface area contributed by atoms with Gasteiger partial charge in [-0.2, -0.15) is 0 Å². The van der Waals surface area contributed by atoms with Gasteiger partial charge in [-0.3, -0.25) is 4.79 Å². The number of carbonyl (C=O) groups excluding carboxylic acids is 2. The summed E-state index contributed by atoms with van der Waals surface area (Å²) in [6.45, 7) is 0.264. The number of esters is 1. The summed E-state index contributed by atoms with van der Waals surface area (Å²) in [6.07, 6.45) is 0. The monoisotopic (exact) mass is 422 g/mol. The Bertz CT molecular complexity index is 1260. The number of nitrogens with zero attached hydrogens (tertiary/aromatic N) is 1. The number of halogens is 1. The Balaban J connectivity index is 2.04. The minimum Gasteiger partial charge on any atom is -0.481 e. The molecule has 4 rings (SSSR count). The van der Waals surface area contributed by atoms with E-state index in [1.54, 1.807) is 24.3 Å². The van der Waals surface area contributed by atoms with E-state index in [4.69, 9.17) is 22.1 Å². The lowest BCUT2D eigenvalue weighted by Crippen LogP contribution is -2.13. The molecule has 2 N–H and O–H groups in total. The van der Waals surface area contributed by atoms with E-state index < -0.39 is 11.9 Å². The SMILES string of the molecule is COC(=O)COc1ccc(Cl)c2c1c1c(C(N)=O)cccc1n2Cc1ccccc1. The number of primary amides is 1. The Hall–Kier alpha value is -3.51. The number of amides is 1. The van der Waals surface area contributed by atoms with Gasteiger partial charge in [0.1, 0.15) is 5.75 Å². The molecule has 1 aromatic heterocycles. The number of nitrogens with two attached hydrogens (primary N) is 1. The highest BCUT2D eigenvalue weighted by Crippen LogP contribution is 2.41. The minimum atomic E-state index is -0.557. The van der Waals surface area contributed by atoms with Crippen LogP contribution in [0.3, 0.4) is 0 Å². The third-order valence-corrected chi connectivity index (χ3v) is 5.27. The number of ether oxygens (including phenoxy) is 2. The van der Waals surface area contributed by atoms with Crippen LogP contribution >= 0.6 is 11.6 Å². The van der Waals surface area contributed by atoms with Crippen molar-refractivity contribution in [1.29, 1.82) is 0 Å². The van der Waals surface area contributed by atoms with Gasteiger partial charge in [0.15, 0.2) is 6.61 Å². The minimum absolute atomic E-state index is 0.267. The quantitative estimate of drug-likeness (QED) is 0.473. The summed E-state index contributed by atoms with van der Waals surface area (Å²) < 4.78 is 12.4. The molecule has 1 amide bonds. The Morgan fingerprint density at radius 3 is 2.47 bits per heavy atom. The lowest BCUT2D eigenvalue weighted by atomic mass is 10.1. The maximum absolute atomic E-state index is 12.2. The van der Waals surface area contributed by atoms with E-state index in [0.717, 1.165) is 11.1 Å². The predicted molar refractivity (Wildman–Crippen MR) is 116 cm³/mol. The predicted octanol–water partition coefficient (Wildman–Crippen LogP) is 4.15. The summed E-state index contributed by atoms with van der Waals surface area (Å²) in [6, 6.07) is 18.7. The van der Waals surface area contributed by atoms with Crippen LogP contribution in [-0.4, -0.2) is 30.2 Å². The molecule has 0 atom stereocenters. The van der Waals surface area contributed by atoms with E-state index >= 15 is 0 Å². The molecule has 1 heterocycles. The van der Waals surface area contributed by atoms with E-state index in [2.05, 4.69) is 4.74 Å². The second-order valence-corrected chi connectivity index (χ2v) is 7.18. The molecule has 0 aliphatic carbocycles. The molecule has 0 spiro atoms. The molecule has 30 heavy (non-hydrogen) atoms. The summed E-state index contributed by atoms with van der Waals surface area (Å²) in [5.74, 6) is -0.648. The lowest BCUT2D eigenvalue weighted by molar-refractivity contribution is -0.142. The molecule has 0 fully saturated rings. The Kier molecular flexibility index (Phi) is 5.33. The van der Waals surface area contributed by atoms with Crippen LogP contribution in [0.2, 0.25) is 5.02 Å². The van der Waals surface area contributed by atoms with Gasteiger partial charge in [0.2, 0.25) is 5.91 Å². The summed E-state index contributed by atoms with van der Waals surface area (Å²) in [5.41, 5.74) is 8.59. The third kappa shape index (κ3) is 3.46. The maximum Gasteiger partial charge on any atom is 0.343 e. The number of benzene rings is 3. The third-order valence-electron chi connectivity index (χ3n) is 4.97. The van der Waals surface area contributed by atoms with Crippen LogP contribution in [0, 0.1) is 0 Å². The molecule has 4 aromatic rings. The molecule has 0 radical (unpaired) electrons. The van der Waals surface area contributed by atoms with Crippen molar-refractivity contribution in [3.05, 3.63) is 76.8 Å².